The molecule has 2 aromatic heterocycles. The van der Waals surface area contributed by atoms with Gasteiger partial charge in [-0.25, -0.2) is 0 Å². The molecule has 0 saturated heterocycles. The van der Waals surface area contributed by atoms with Crippen LogP contribution < -0.4 is 5.32 Å². The molecule has 0 bridgehead atoms. The molecule has 0 unspecified atom stereocenters. The van der Waals surface area contributed by atoms with Crippen LogP contribution in [0.3, 0.4) is 0 Å². The van der Waals surface area contributed by atoms with Crippen LogP contribution in [0.5, 0.6) is 0 Å². The van der Waals surface area contributed by atoms with Crippen molar-refractivity contribution >= 4 is 28.2 Å². The fourth-order valence-corrected chi connectivity index (χ4v) is 3.01. The van der Waals surface area contributed by atoms with Gasteiger partial charge in [0.2, 0.25) is 5.13 Å². The first-order valence-electron chi connectivity index (χ1n) is 5.37. The monoisotopic (exact) mass is 266 g/mol. The molecular formula is C11H14N4S2. The van der Waals surface area contributed by atoms with Crippen molar-refractivity contribution in [2.45, 2.75) is 30.0 Å². The van der Waals surface area contributed by atoms with E-state index in [-0.39, 0.29) is 0 Å². The molecule has 0 atom stereocenters. The third kappa shape index (κ3) is 3.98. The number of pyridine rings is 1. The van der Waals surface area contributed by atoms with Crippen molar-refractivity contribution < 1.29 is 0 Å². The highest BCUT2D eigenvalue weighted by atomic mass is 32.2. The van der Waals surface area contributed by atoms with Crippen molar-refractivity contribution in [3.8, 4) is 0 Å². The Morgan fingerprint density at radius 2 is 2.24 bits per heavy atom. The predicted octanol–water partition coefficient (Wildman–Crippen LogP) is 3.05. The molecule has 0 aliphatic heterocycles. The smallest absolute Gasteiger partial charge is 0.206 e. The lowest BCUT2D eigenvalue weighted by Crippen LogP contribution is -2.08. The van der Waals surface area contributed by atoms with Crippen molar-refractivity contribution in [1.82, 2.24) is 15.2 Å². The zero-order valence-corrected chi connectivity index (χ0v) is 11.4. The van der Waals surface area contributed by atoms with Crippen molar-refractivity contribution in [3.63, 3.8) is 0 Å². The summed E-state index contributed by atoms with van der Waals surface area (Å²) in [6.45, 7) is 4.17. The Morgan fingerprint density at radius 1 is 1.35 bits per heavy atom. The van der Waals surface area contributed by atoms with Gasteiger partial charge in [0.15, 0.2) is 4.34 Å². The maximum absolute atomic E-state index is 4.27. The van der Waals surface area contributed by atoms with Gasteiger partial charge in [-0.2, -0.15) is 0 Å². The third-order valence-electron chi connectivity index (χ3n) is 1.89. The van der Waals surface area contributed by atoms with Crippen molar-refractivity contribution in [1.29, 1.82) is 0 Å². The second-order valence-electron chi connectivity index (χ2n) is 3.78. The number of nitrogens with zero attached hydrogens (tertiary/aromatic N) is 3. The Balaban J connectivity index is 1.89. The average Bonchev–Trinajstić information content (AvgIpc) is 2.75. The first-order valence-corrected chi connectivity index (χ1v) is 7.17. The molecule has 90 valence electrons. The van der Waals surface area contributed by atoms with Crippen LogP contribution >= 0.6 is 23.1 Å². The fraction of sp³-hybridized carbons (Fsp3) is 0.364. The van der Waals surface area contributed by atoms with Gasteiger partial charge in [0.1, 0.15) is 0 Å². The quantitative estimate of drug-likeness (QED) is 0.843. The zero-order valence-electron chi connectivity index (χ0n) is 9.75. The van der Waals surface area contributed by atoms with Crippen LogP contribution in [0.1, 0.15) is 19.5 Å². The Hall–Kier alpha value is -1.14. The van der Waals surface area contributed by atoms with E-state index in [0.29, 0.717) is 6.04 Å². The molecule has 4 nitrogen and oxygen atoms in total. The van der Waals surface area contributed by atoms with Gasteiger partial charge in [0.05, 0.1) is 5.69 Å². The van der Waals surface area contributed by atoms with Crippen LogP contribution in [0.25, 0.3) is 0 Å². The Morgan fingerprint density at radius 3 is 2.94 bits per heavy atom. The molecule has 0 aliphatic rings. The molecular weight excluding hydrogens is 252 g/mol. The van der Waals surface area contributed by atoms with Crippen molar-refractivity contribution in [3.05, 3.63) is 30.1 Å². The standard InChI is InChI=1S/C11H14N4S2/c1-8(2)13-10-14-15-11(17-10)16-7-9-5-3-4-6-12-9/h3-6,8H,7H2,1-2H3,(H,13,14). The van der Waals surface area contributed by atoms with Gasteiger partial charge in [-0.15, -0.1) is 10.2 Å². The lowest BCUT2D eigenvalue weighted by atomic mass is 10.4. The highest BCUT2D eigenvalue weighted by Gasteiger charge is 2.06. The van der Waals surface area contributed by atoms with E-state index in [2.05, 4.69) is 34.3 Å². The van der Waals surface area contributed by atoms with E-state index >= 15 is 0 Å². The van der Waals surface area contributed by atoms with E-state index in [1.807, 2.05) is 24.4 Å². The van der Waals surface area contributed by atoms with Gasteiger partial charge in [-0.1, -0.05) is 29.2 Å². The first-order chi connectivity index (χ1) is 8.24. The molecule has 0 saturated carbocycles. The molecule has 0 aromatic carbocycles. The maximum Gasteiger partial charge on any atom is 0.206 e. The summed E-state index contributed by atoms with van der Waals surface area (Å²) in [5.74, 6) is 0.831. The van der Waals surface area contributed by atoms with Gasteiger partial charge in [-0.05, 0) is 26.0 Å². The second-order valence-corrected chi connectivity index (χ2v) is 5.98. The molecule has 2 aromatic rings. The Kier molecular flexibility index (Phi) is 4.33. The number of thioether (sulfide) groups is 1. The van der Waals surface area contributed by atoms with Gasteiger partial charge in [0.25, 0.3) is 0 Å². The fourth-order valence-electron chi connectivity index (χ4n) is 1.19. The van der Waals surface area contributed by atoms with Crippen LogP contribution in [0.2, 0.25) is 0 Å². The van der Waals surface area contributed by atoms with Gasteiger partial charge < -0.3 is 5.32 Å². The van der Waals surface area contributed by atoms with E-state index in [4.69, 9.17) is 0 Å². The summed E-state index contributed by atoms with van der Waals surface area (Å²) in [6.07, 6.45) is 1.81. The van der Waals surface area contributed by atoms with E-state index in [1.165, 1.54) is 0 Å². The number of hydrogen-bond acceptors (Lipinski definition) is 6. The number of anilines is 1. The van der Waals surface area contributed by atoms with Gasteiger partial charge in [0, 0.05) is 18.0 Å². The molecule has 0 spiro atoms. The predicted molar refractivity (Wildman–Crippen MR) is 72.5 cm³/mol. The third-order valence-corrected chi connectivity index (χ3v) is 3.91. The highest BCUT2D eigenvalue weighted by Crippen LogP contribution is 2.27. The molecule has 0 radical (unpaired) electrons. The maximum atomic E-state index is 4.27. The summed E-state index contributed by atoms with van der Waals surface area (Å²) in [7, 11) is 0. The second kappa shape index (κ2) is 5.97. The van der Waals surface area contributed by atoms with Crippen LogP contribution in [0.15, 0.2) is 28.7 Å². The number of aromatic nitrogens is 3. The van der Waals surface area contributed by atoms with Crippen LogP contribution in [0.4, 0.5) is 5.13 Å². The van der Waals surface area contributed by atoms with Crippen LogP contribution in [-0.4, -0.2) is 21.2 Å². The van der Waals surface area contributed by atoms with E-state index < -0.39 is 0 Å². The topological polar surface area (TPSA) is 50.7 Å². The van der Waals surface area contributed by atoms with Gasteiger partial charge >= 0.3 is 0 Å². The minimum atomic E-state index is 0.386. The summed E-state index contributed by atoms with van der Waals surface area (Å²) in [5.41, 5.74) is 1.06. The highest BCUT2D eigenvalue weighted by molar-refractivity contribution is 8.00. The van der Waals surface area contributed by atoms with E-state index in [0.717, 1.165) is 20.9 Å². The van der Waals surface area contributed by atoms with Crippen LogP contribution in [0, 0.1) is 0 Å². The minimum absolute atomic E-state index is 0.386. The Labute approximate surface area is 109 Å². The lowest BCUT2D eigenvalue weighted by Gasteiger charge is -2.03. The molecule has 0 fully saturated rings. The summed E-state index contributed by atoms with van der Waals surface area (Å²) < 4.78 is 0.971. The summed E-state index contributed by atoms with van der Waals surface area (Å²) in [6, 6.07) is 6.32. The van der Waals surface area contributed by atoms with Crippen molar-refractivity contribution in [2.24, 2.45) is 0 Å². The van der Waals surface area contributed by atoms with Crippen molar-refractivity contribution in [2.75, 3.05) is 5.32 Å². The molecule has 17 heavy (non-hydrogen) atoms. The molecule has 2 heterocycles. The summed E-state index contributed by atoms with van der Waals surface area (Å²) >= 11 is 3.25. The molecule has 0 aliphatic carbocycles. The summed E-state index contributed by atoms with van der Waals surface area (Å²) in [4.78, 5) is 4.27. The van der Waals surface area contributed by atoms with E-state index in [9.17, 15) is 0 Å². The normalized spacial score (nSPS) is 10.8. The molecule has 6 heteroatoms. The minimum Gasteiger partial charge on any atom is -0.358 e. The van der Waals surface area contributed by atoms with Gasteiger partial charge in [-0.3, -0.25) is 4.98 Å². The first kappa shape index (κ1) is 12.3. The molecule has 2 rings (SSSR count). The molecule has 0 amide bonds. The van der Waals surface area contributed by atoms with Crippen LogP contribution in [-0.2, 0) is 5.75 Å². The number of hydrogen-bond donors (Lipinski definition) is 1. The number of nitrogens with one attached hydrogen (secondary N) is 1. The number of rotatable bonds is 5. The summed E-state index contributed by atoms with van der Waals surface area (Å²) in [5, 5.41) is 12.3. The Bertz CT molecular complexity index is 456. The zero-order chi connectivity index (χ0) is 12.1. The SMILES string of the molecule is CC(C)Nc1nnc(SCc2ccccn2)s1. The molecule has 1 N–H and O–H groups in total. The van der Waals surface area contributed by atoms with E-state index in [1.54, 1.807) is 23.1 Å². The largest absolute Gasteiger partial charge is 0.358 e. The lowest BCUT2D eigenvalue weighted by molar-refractivity contribution is 0.883. The average molecular weight is 266 g/mol.